The van der Waals surface area contributed by atoms with E-state index in [2.05, 4.69) is 0 Å². The van der Waals surface area contributed by atoms with E-state index in [9.17, 15) is 9.59 Å². The van der Waals surface area contributed by atoms with Gasteiger partial charge in [0.05, 0.1) is 0 Å². The fraction of sp³-hybridized carbons (Fsp3) is 0. The predicted octanol–water partition coefficient (Wildman–Crippen LogP) is 3.61. The topological polar surface area (TPSA) is 34.1 Å². The molecule has 0 bridgehead atoms. The number of hydrogen-bond acceptors (Lipinski definition) is 2. The van der Waals surface area contributed by atoms with Crippen molar-refractivity contribution in [3.63, 3.8) is 0 Å². The summed E-state index contributed by atoms with van der Waals surface area (Å²) in [4.78, 5) is 19.5. The molecule has 0 aliphatic heterocycles. The number of rotatable bonds is 4. The van der Waals surface area contributed by atoms with Gasteiger partial charge in [-0.1, -0.05) is 60.7 Å². The van der Waals surface area contributed by atoms with Crippen molar-refractivity contribution in [2.45, 2.75) is 0 Å². The van der Waals surface area contributed by atoms with Gasteiger partial charge in [0.25, 0.3) is 0 Å². The molecule has 0 N–H and O–H groups in total. The van der Waals surface area contributed by atoms with Crippen LogP contribution in [-0.4, -0.2) is 12.6 Å². The average molecular weight is 475 g/mol. The fourth-order valence-corrected chi connectivity index (χ4v) is 1.39. The van der Waals surface area contributed by atoms with Crippen LogP contribution in [0.25, 0.3) is 12.2 Å². The van der Waals surface area contributed by atoms with Crippen LogP contribution in [0.5, 0.6) is 0 Å². The molecule has 0 saturated heterocycles. The summed E-state index contributed by atoms with van der Waals surface area (Å²) in [7, 11) is 0. The average Bonchev–Trinajstić information content (AvgIpc) is 2.53. The van der Waals surface area contributed by atoms with E-state index in [0.717, 1.165) is 11.1 Å². The Morgan fingerprint density at radius 2 is 0.909 bits per heavy atom. The summed E-state index contributed by atoms with van der Waals surface area (Å²) in [5, 5.41) is 0. The molecule has 0 aliphatic carbocycles. The summed E-state index contributed by atoms with van der Waals surface area (Å²) in [5.74, 6) is 0. The van der Waals surface area contributed by atoms with Crippen LogP contribution in [0.15, 0.2) is 72.8 Å². The molecule has 2 aromatic rings. The summed E-state index contributed by atoms with van der Waals surface area (Å²) in [6.45, 7) is 0. The van der Waals surface area contributed by atoms with Gasteiger partial charge in [0.2, 0.25) is 0 Å². The Labute approximate surface area is 158 Å². The van der Waals surface area contributed by atoms with Crippen LogP contribution in [0.2, 0.25) is 0 Å². The Kier molecular flexibility index (Phi) is 16.6. The van der Waals surface area contributed by atoms with E-state index in [1.54, 1.807) is 24.7 Å². The van der Waals surface area contributed by atoms with Gasteiger partial charge in [0, 0.05) is 40.8 Å². The summed E-state index contributed by atoms with van der Waals surface area (Å²) >= 11 is 0. The van der Waals surface area contributed by atoms with E-state index < -0.39 is 0 Å². The van der Waals surface area contributed by atoms with Crippen LogP contribution in [0.1, 0.15) is 11.1 Å². The maximum Gasteiger partial charge on any atom is 0 e. The van der Waals surface area contributed by atoms with Crippen molar-refractivity contribution in [1.29, 1.82) is 0 Å². The first-order chi connectivity index (χ1) is 9.86. The predicted molar refractivity (Wildman–Crippen MR) is 82.3 cm³/mol. The van der Waals surface area contributed by atoms with Crippen LogP contribution in [0, 0.1) is 0 Å². The minimum absolute atomic E-state index is 0. The van der Waals surface area contributed by atoms with Gasteiger partial charge in [0.15, 0.2) is 0 Å². The number of carbonyl (C=O) groups excluding carboxylic acids is 2. The third-order valence-corrected chi connectivity index (χ3v) is 2.29. The van der Waals surface area contributed by atoms with Gasteiger partial charge in [0.1, 0.15) is 0 Å². The zero-order valence-electron chi connectivity index (χ0n) is 11.5. The summed E-state index contributed by atoms with van der Waals surface area (Å²) in [6, 6.07) is 19.2. The second-order valence-corrected chi connectivity index (χ2v) is 3.72. The molecule has 0 spiro atoms. The molecule has 0 aliphatic rings. The summed E-state index contributed by atoms with van der Waals surface area (Å²) in [5.41, 5.74) is 2.04. The van der Waals surface area contributed by atoms with Crippen LogP contribution >= 0.6 is 0 Å². The molecule has 0 saturated carbocycles. The van der Waals surface area contributed by atoms with Crippen molar-refractivity contribution in [2.24, 2.45) is 0 Å². The van der Waals surface area contributed by atoms with Crippen molar-refractivity contribution >= 4 is 24.7 Å². The second kappa shape index (κ2) is 16.0. The number of allylic oxidation sites excluding steroid dienone is 2. The molecule has 0 atom stereocenters. The van der Waals surface area contributed by atoms with Gasteiger partial charge in [-0.2, -0.15) is 12.2 Å². The molecule has 4 heteroatoms. The monoisotopic (exact) mass is 474 g/mol. The van der Waals surface area contributed by atoms with Crippen molar-refractivity contribution < 1.29 is 50.4 Å². The largest absolute Gasteiger partial charge is 0.419 e. The quantitative estimate of drug-likeness (QED) is 0.385. The van der Waals surface area contributed by atoms with Crippen LogP contribution < -0.4 is 0 Å². The third-order valence-electron chi connectivity index (χ3n) is 2.29. The van der Waals surface area contributed by atoms with E-state index in [1.807, 2.05) is 60.7 Å². The summed E-state index contributed by atoms with van der Waals surface area (Å²) in [6.07, 6.45) is 9.51. The van der Waals surface area contributed by atoms with E-state index in [0.29, 0.717) is 0 Å². The third kappa shape index (κ3) is 11.3. The van der Waals surface area contributed by atoms with Crippen LogP contribution in [0.4, 0.5) is 0 Å². The SMILES string of the molecule is O=[C-]/C=C/c1ccccc1.O=[C-]/C=C/c1ccccc1.[Pd].[Pd]. The first kappa shape index (κ1) is 22.9. The minimum atomic E-state index is 0. The minimum Gasteiger partial charge on any atom is -0.419 e. The standard InChI is InChI=1S/2C9H7O.2Pd/c2*10-8-4-7-9-5-2-1-3-6-9;;/h2*1-7H;;/q2*-1;;/b2*7-4+;;. The summed E-state index contributed by atoms with van der Waals surface area (Å²) < 4.78 is 0. The first-order valence-corrected chi connectivity index (χ1v) is 6.05. The molecule has 2 rings (SSSR count). The molecule has 120 valence electrons. The second-order valence-electron chi connectivity index (χ2n) is 3.72. The molecule has 0 aromatic heterocycles. The molecule has 0 heterocycles. The number of benzene rings is 2. The molecule has 0 unspecified atom stereocenters. The Balaban J connectivity index is 0. The van der Waals surface area contributed by atoms with Crippen molar-refractivity contribution in [2.75, 3.05) is 0 Å². The van der Waals surface area contributed by atoms with Gasteiger partial charge in [-0.05, 0) is 12.6 Å². The molecule has 0 fully saturated rings. The first-order valence-electron chi connectivity index (χ1n) is 6.05. The molecule has 0 amide bonds. The maximum atomic E-state index is 9.77. The van der Waals surface area contributed by atoms with E-state index in [1.165, 1.54) is 12.2 Å². The molecule has 22 heavy (non-hydrogen) atoms. The Morgan fingerprint density at radius 3 is 1.18 bits per heavy atom. The Hall–Kier alpha value is -1.42. The fourth-order valence-electron chi connectivity index (χ4n) is 1.39. The van der Waals surface area contributed by atoms with Crippen molar-refractivity contribution in [3.05, 3.63) is 83.9 Å². The Bertz CT molecular complexity index is 511. The van der Waals surface area contributed by atoms with E-state index in [4.69, 9.17) is 0 Å². The van der Waals surface area contributed by atoms with E-state index >= 15 is 0 Å². The van der Waals surface area contributed by atoms with Crippen molar-refractivity contribution in [3.8, 4) is 0 Å². The van der Waals surface area contributed by atoms with Crippen LogP contribution in [-0.2, 0) is 50.4 Å². The molecular formula is C18H14O2Pd2-2. The van der Waals surface area contributed by atoms with Gasteiger partial charge in [-0.25, -0.2) is 12.2 Å². The number of hydrogen-bond donors (Lipinski definition) is 0. The molecule has 2 nitrogen and oxygen atoms in total. The molecule has 0 radical (unpaired) electrons. The van der Waals surface area contributed by atoms with E-state index in [-0.39, 0.29) is 40.8 Å². The molecule has 2 aromatic carbocycles. The smallest absolute Gasteiger partial charge is 0 e. The van der Waals surface area contributed by atoms with Crippen molar-refractivity contribution in [1.82, 2.24) is 0 Å². The van der Waals surface area contributed by atoms with Gasteiger partial charge >= 0.3 is 0 Å². The maximum absolute atomic E-state index is 9.77. The van der Waals surface area contributed by atoms with Gasteiger partial charge in [-0.15, -0.1) is 11.1 Å². The normalized spacial score (nSPS) is 9.09. The van der Waals surface area contributed by atoms with Gasteiger partial charge < -0.3 is 9.59 Å². The van der Waals surface area contributed by atoms with Gasteiger partial charge in [-0.3, -0.25) is 0 Å². The molecular weight excluding hydrogens is 461 g/mol. The Morgan fingerprint density at radius 1 is 0.591 bits per heavy atom. The van der Waals surface area contributed by atoms with Crippen LogP contribution in [0.3, 0.4) is 0 Å². The zero-order valence-corrected chi connectivity index (χ0v) is 14.6. The zero-order chi connectivity index (χ0) is 14.5.